The SMILES string of the molecule is Cc1cc(C)cc(NC(=O)Cc2ccc(O[C@@H](C)C(=O)O)cc2)c1. The van der Waals surface area contributed by atoms with Gasteiger partial charge in [-0.05, 0) is 61.7 Å². The van der Waals surface area contributed by atoms with E-state index in [1.165, 1.54) is 6.92 Å². The summed E-state index contributed by atoms with van der Waals surface area (Å²) < 4.78 is 5.26. The summed E-state index contributed by atoms with van der Waals surface area (Å²) in [6, 6.07) is 12.7. The molecule has 0 bridgehead atoms. The molecule has 2 rings (SSSR count). The fraction of sp³-hybridized carbons (Fsp3) is 0.263. The van der Waals surface area contributed by atoms with Crippen LogP contribution in [0.3, 0.4) is 0 Å². The first kappa shape index (κ1) is 17.5. The standard InChI is InChI=1S/C19H21NO4/c1-12-8-13(2)10-16(9-12)20-18(21)11-15-4-6-17(7-5-15)24-14(3)19(22)23/h4-10,14H,11H2,1-3H3,(H,20,21)(H,22,23)/t14-/m0/s1. The molecular weight excluding hydrogens is 306 g/mol. The van der Waals surface area contributed by atoms with Gasteiger partial charge in [-0.1, -0.05) is 18.2 Å². The molecule has 24 heavy (non-hydrogen) atoms. The third-order valence-corrected chi connectivity index (χ3v) is 3.45. The quantitative estimate of drug-likeness (QED) is 0.853. The van der Waals surface area contributed by atoms with Gasteiger partial charge >= 0.3 is 5.97 Å². The number of ether oxygens (including phenoxy) is 1. The lowest BCUT2D eigenvalue weighted by Crippen LogP contribution is -2.22. The predicted octanol–water partition coefficient (Wildman–Crippen LogP) is 3.34. The number of aliphatic carboxylic acids is 1. The van der Waals surface area contributed by atoms with Crippen molar-refractivity contribution in [1.82, 2.24) is 0 Å². The lowest BCUT2D eigenvalue weighted by molar-refractivity contribution is -0.144. The van der Waals surface area contributed by atoms with Crippen molar-refractivity contribution in [3.05, 3.63) is 59.2 Å². The van der Waals surface area contributed by atoms with Gasteiger partial charge in [0, 0.05) is 5.69 Å². The van der Waals surface area contributed by atoms with Crippen molar-refractivity contribution >= 4 is 17.6 Å². The maximum Gasteiger partial charge on any atom is 0.344 e. The van der Waals surface area contributed by atoms with Gasteiger partial charge in [-0.3, -0.25) is 4.79 Å². The Morgan fingerprint density at radius 2 is 1.67 bits per heavy atom. The van der Waals surface area contributed by atoms with Crippen LogP contribution in [0, 0.1) is 13.8 Å². The summed E-state index contributed by atoms with van der Waals surface area (Å²) in [5.74, 6) is -0.664. The molecule has 0 saturated carbocycles. The van der Waals surface area contributed by atoms with E-state index in [0.717, 1.165) is 22.4 Å². The average molecular weight is 327 g/mol. The van der Waals surface area contributed by atoms with Crippen molar-refractivity contribution in [3.8, 4) is 5.75 Å². The van der Waals surface area contributed by atoms with Gasteiger partial charge in [0.15, 0.2) is 6.10 Å². The molecule has 2 aromatic carbocycles. The number of aryl methyl sites for hydroxylation is 2. The molecule has 0 heterocycles. The van der Waals surface area contributed by atoms with Gasteiger partial charge < -0.3 is 15.2 Å². The first-order chi connectivity index (χ1) is 11.3. The van der Waals surface area contributed by atoms with Crippen LogP contribution in [0.15, 0.2) is 42.5 Å². The summed E-state index contributed by atoms with van der Waals surface area (Å²) in [4.78, 5) is 22.9. The van der Waals surface area contributed by atoms with Crippen molar-refractivity contribution < 1.29 is 19.4 Å². The minimum absolute atomic E-state index is 0.104. The third kappa shape index (κ3) is 5.12. The highest BCUT2D eigenvalue weighted by atomic mass is 16.5. The van der Waals surface area contributed by atoms with Gasteiger partial charge in [0.25, 0.3) is 0 Å². The predicted molar refractivity (Wildman–Crippen MR) is 92.4 cm³/mol. The number of rotatable bonds is 6. The number of amides is 1. The van der Waals surface area contributed by atoms with Crippen LogP contribution < -0.4 is 10.1 Å². The van der Waals surface area contributed by atoms with Crippen LogP contribution in [0.5, 0.6) is 5.75 Å². The largest absolute Gasteiger partial charge is 0.479 e. The summed E-state index contributed by atoms with van der Waals surface area (Å²) in [5.41, 5.74) is 3.80. The lowest BCUT2D eigenvalue weighted by Gasteiger charge is -2.11. The molecule has 0 aromatic heterocycles. The number of hydrogen-bond acceptors (Lipinski definition) is 3. The first-order valence-electron chi connectivity index (χ1n) is 7.70. The third-order valence-electron chi connectivity index (χ3n) is 3.45. The van der Waals surface area contributed by atoms with E-state index in [-0.39, 0.29) is 12.3 Å². The lowest BCUT2D eigenvalue weighted by atomic mass is 10.1. The highest BCUT2D eigenvalue weighted by Gasteiger charge is 2.12. The van der Waals surface area contributed by atoms with Crippen molar-refractivity contribution in [2.75, 3.05) is 5.32 Å². The summed E-state index contributed by atoms with van der Waals surface area (Å²) in [6.45, 7) is 5.44. The molecule has 0 saturated heterocycles. The van der Waals surface area contributed by atoms with Crippen LogP contribution in [-0.4, -0.2) is 23.1 Å². The summed E-state index contributed by atoms with van der Waals surface area (Å²) in [7, 11) is 0. The van der Waals surface area contributed by atoms with Crippen LogP contribution >= 0.6 is 0 Å². The van der Waals surface area contributed by atoms with Crippen molar-refractivity contribution in [1.29, 1.82) is 0 Å². The monoisotopic (exact) mass is 327 g/mol. The normalized spacial score (nSPS) is 11.6. The Bertz CT molecular complexity index is 717. The molecule has 126 valence electrons. The number of nitrogens with one attached hydrogen (secondary N) is 1. The highest BCUT2D eigenvalue weighted by molar-refractivity contribution is 5.92. The van der Waals surface area contributed by atoms with Gasteiger partial charge in [0.2, 0.25) is 5.91 Å². The second-order valence-corrected chi connectivity index (χ2v) is 5.84. The van der Waals surface area contributed by atoms with E-state index >= 15 is 0 Å². The maximum absolute atomic E-state index is 12.1. The summed E-state index contributed by atoms with van der Waals surface area (Å²) in [5, 5.41) is 11.7. The van der Waals surface area contributed by atoms with Gasteiger partial charge in [-0.2, -0.15) is 0 Å². The topological polar surface area (TPSA) is 75.6 Å². The van der Waals surface area contributed by atoms with E-state index in [0.29, 0.717) is 5.75 Å². The fourth-order valence-corrected chi connectivity index (χ4v) is 2.38. The number of anilines is 1. The van der Waals surface area contributed by atoms with Crippen molar-refractivity contribution in [2.24, 2.45) is 0 Å². The molecule has 0 aliphatic rings. The molecule has 1 atom stereocenters. The van der Waals surface area contributed by atoms with Crippen molar-refractivity contribution in [2.45, 2.75) is 33.3 Å². The molecule has 2 N–H and O–H groups in total. The first-order valence-corrected chi connectivity index (χ1v) is 7.70. The number of carbonyl (C=O) groups excluding carboxylic acids is 1. The number of carboxylic acid groups (broad SMARTS) is 1. The van der Waals surface area contributed by atoms with Gasteiger partial charge in [-0.15, -0.1) is 0 Å². The molecule has 5 heteroatoms. The van der Waals surface area contributed by atoms with Crippen LogP contribution in [0.4, 0.5) is 5.69 Å². The number of hydrogen-bond donors (Lipinski definition) is 2. The Kier molecular flexibility index (Phi) is 5.58. The molecule has 0 aliphatic heterocycles. The van der Waals surface area contributed by atoms with Crippen molar-refractivity contribution in [3.63, 3.8) is 0 Å². The maximum atomic E-state index is 12.1. The molecule has 0 unspecified atom stereocenters. The molecule has 0 spiro atoms. The van der Waals surface area contributed by atoms with Gasteiger partial charge in [0.05, 0.1) is 6.42 Å². The second kappa shape index (κ2) is 7.64. The van der Waals surface area contributed by atoms with E-state index in [1.807, 2.05) is 32.0 Å². The Hall–Kier alpha value is -2.82. The molecule has 0 aliphatic carbocycles. The Morgan fingerprint density at radius 1 is 1.08 bits per heavy atom. The second-order valence-electron chi connectivity index (χ2n) is 5.84. The van der Waals surface area contributed by atoms with E-state index in [2.05, 4.69) is 5.32 Å². The molecule has 0 radical (unpaired) electrons. The molecule has 1 amide bonds. The van der Waals surface area contributed by atoms with Crippen LogP contribution in [0.1, 0.15) is 23.6 Å². The van der Waals surface area contributed by atoms with Crippen LogP contribution in [-0.2, 0) is 16.0 Å². The van der Waals surface area contributed by atoms with Crippen LogP contribution in [0.25, 0.3) is 0 Å². The van der Waals surface area contributed by atoms with E-state index in [1.54, 1.807) is 24.3 Å². The van der Waals surface area contributed by atoms with Crippen LogP contribution in [0.2, 0.25) is 0 Å². The smallest absolute Gasteiger partial charge is 0.344 e. The Balaban J connectivity index is 1.95. The van der Waals surface area contributed by atoms with Gasteiger partial charge in [-0.25, -0.2) is 4.79 Å². The number of benzene rings is 2. The van der Waals surface area contributed by atoms with E-state index in [9.17, 15) is 9.59 Å². The Labute approximate surface area is 141 Å². The zero-order valence-corrected chi connectivity index (χ0v) is 14.0. The Morgan fingerprint density at radius 3 is 2.21 bits per heavy atom. The van der Waals surface area contributed by atoms with Gasteiger partial charge in [0.1, 0.15) is 5.75 Å². The number of carboxylic acids is 1. The minimum Gasteiger partial charge on any atom is -0.479 e. The van der Waals surface area contributed by atoms with E-state index < -0.39 is 12.1 Å². The fourth-order valence-electron chi connectivity index (χ4n) is 2.38. The average Bonchev–Trinajstić information content (AvgIpc) is 2.47. The van der Waals surface area contributed by atoms with E-state index in [4.69, 9.17) is 9.84 Å². The zero-order valence-electron chi connectivity index (χ0n) is 14.0. The molecule has 0 fully saturated rings. The molecule has 5 nitrogen and oxygen atoms in total. The highest BCUT2D eigenvalue weighted by Crippen LogP contribution is 2.16. The minimum atomic E-state index is -1.02. The summed E-state index contributed by atoms with van der Waals surface area (Å²) >= 11 is 0. The molecule has 2 aromatic rings. The molecular formula is C19H21NO4. The zero-order chi connectivity index (χ0) is 17.7. The number of carbonyl (C=O) groups is 2. The summed E-state index contributed by atoms with van der Waals surface area (Å²) in [6.07, 6.45) is -0.675.